The van der Waals surface area contributed by atoms with Crippen LogP contribution in [0.25, 0.3) is 0 Å². The Morgan fingerprint density at radius 3 is 2.10 bits per heavy atom. The van der Waals surface area contributed by atoms with Gasteiger partial charge < -0.3 is 34.7 Å². The zero-order chi connectivity index (χ0) is 21.9. The van der Waals surface area contributed by atoms with E-state index in [-0.39, 0.29) is 30.5 Å². The van der Waals surface area contributed by atoms with Crippen LogP contribution >= 0.6 is 24.0 Å². The van der Waals surface area contributed by atoms with Gasteiger partial charge in [0.15, 0.2) is 5.96 Å². The van der Waals surface area contributed by atoms with Crippen molar-refractivity contribution >= 4 is 29.9 Å². The van der Waals surface area contributed by atoms with Gasteiger partial charge in [-0.15, -0.1) is 24.0 Å². The van der Waals surface area contributed by atoms with E-state index in [9.17, 15) is 5.11 Å². The van der Waals surface area contributed by atoms with Crippen LogP contribution < -0.4 is 29.6 Å². The van der Waals surface area contributed by atoms with Crippen molar-refractivity contribution in [3.63, 3.8) is 0 Å². The van der Waals surface area contributed by atoms with Crippen LogP contribution in [-0.4, -0.2) is 52.6 Å². The number of hydrogen-bond acceptors (Lipinski definition) is 6. The number of guanidine groups is 1. The molecule has 1 atom stereocenters. The fourth-order valence-corrected chi connectivity index (χ4v) is 2.82. The van der Waals surface area contributed by atoms with Crippen LogP contribution in [0.15, 0.2) is 41.4 Å². The Balaban J connectivity index is 0.00000480. The van der Waals surface area contributed by atoms with Crippen molar-refractivity contribution in [2.45, 2.75) is 19.6 Å². The van der Waals surface area contributed by atoms with Crippen LogP contribution in [0.4, 0.5) is 0 Å². The van der Waals surface area contributed by atoms with Crippen molar-refractivity contribution in [2.75, 3.05) is 41.5 Å². The van der Waals surface area contributed by atoms with Gasteiger partial charge in [-0.2, -0.15) is 0 Å². The molecule has 31 heavy (non-hydrogen) atoms. The first-order valence-corrected chi connectivity index (χ1v) is 9.68. The zero-order valence-electron chi connectivity index (χ0n) is 18.6. The number of nitrogens with zero attached hydrogens (tertiary/aromatic N) is 1. The molecule has 2 aromatic carbocycles. The standard InChI is InChI=1S/C22H31N3O5.HI/c1-6-23-22(24-13-15-7-8-17(27-2)12-21(15)30-5)25-14-20(26)16-9-18(28-3)11-19(10-16)29-4;/h7-12,20,26H,6,13-14H2,1-5H3,(H2,23,24,25);1H. The molecule has 0 heterocycles. The number of aliphatic hydroxyl groups excluding tert-OH is 1. The van der Waals surface area contributed by atoms with Gasteiger partial charge in [0.05, 0.1) is 41.1 Å². The third kappa shape index (κ3) is 7.98. The van der Waals surface area contributed by atoms with Crippen LogP contribution in [0.3, 0.4) is 0 Å². The highest BCUT2D eigenvalue weighted by Gasteiger charge is 2.12. The number of aliphatic imine (C=N–C) groups is 1. The molecule has 0 bridgehead atoms. The molecule has 0 aliphatic carbocycles. The summed E-state index contributed by atoms with van der Waals surface area (Å²) in [6, 6.07) is 10.9. The normalized spacial score (nSPS) is 11.7. The molecule has 0 amide bonds. The average molecular weight is 545 g/mol. The highest BCUT2D eigenvalue weighted by atomic mass is 127. The molecule has 0 aromatic heterocycles. The summed E-state index contributed by atoms with van der Waals surface area (Å²) in [5, 5.41) is 17.0. The van der Waals surface area contributed by atoms with Crippen molar-refractivity contribution < 1.29 is 24.1 Å². The van der Waals surface area contributed by atoms with E-state index in [4.69, 9.17) is 18.9 Å². The summed E-state index contributed by atoms with van der Waals surface area (Å²) in [6.07, 6.45) is -0.770. The van der Waals surface area contributed by atoms with E-state index in [1.54, 1.807) is 46.6 Å². The van der Waals surface area contributed by atoms with Crippen molar-refractivity contribution in [1.82, 2.24) is 10.6 Å². The molecule has 0 saturated heterocycles. The molecule has 2 rings (SSSR count). The highest BCUT2D eigenvalue weighted by Crippen LogP contribution is 2.27. The maximum Gasteiger partial charge on any atom is 0.191 e. The van der Waals surface area contributed by atoms with Gasteiger partial charge in [0.1, 0.15) is 23.0 Å². The smallest absolute Gasteiger partial charge is 0.191 e. The number of methoxy groups -OCH3 is 4. The molecule has 0 aliphatic heterocycles. The number of hydrogen-bond donors (Lipinski definition) is 3. The molecular formula is C22H32IN3O5. The van der Waals surface area contributed by atoms with Crippen molar-refractivity contribution in [3.05, 3.63) is 47.5 Å². The van der Waals surface area contributed by atoms with Gasteiger partial charge in [-0.25, -0.2) is 4.99 Å². The van der Waals surface area contributed by atoms with Crippen LogP contribution in [-0.2, 0) is 6.54 Å². The maximum atomic E-state index is 10.6. The molecule has 8 nitrogen and oxygen atoms in total. The van der Waals surface area contributed by atoms with E-state index in [0.717, 1.165) is 11.3 Å². The van der Waals surface area contributed by atoms with Crippen LogP contribution in [0, 0.1) is 0 Å². The molecule has 3 N–H and O–H groups in total. The maximum absolute atomic E-state index is 10.6. The number of nitrogens with one attached hydrogen (secondary N) is 2. The topological polar surface area (TPSA) is 93.6 Å². The summed E-state index contributed by atoms with van der Waals surface area (Å²) in [7, 11) is 6.38. The summed E-state index contributed by atoms with van der Waals surface area (Å²) < 4.78 is 21.2. The molecule has 0 saturated carbocycles. The van der Waals surface area contributed by atoms with E-state index >= 15 is 0 Å². The van der Waals surface area contributed by atoms with E-state index in [2.05, 4.69) is 15.6 Å². The van der Waals surface area contributed by atoms with E-state index < -0.39 is 6.10 Å². The summed E-state index contributed by atoms with van der Waals surface area (Å²) >= 11 is 0. The highest BCUT2D eigenvalue weighted by molar-refractivity contribution is 14.0. The fourth-order valence-electron chi connectivity index (χ4n) is 2.82. The largest absolute Gasteiger partial charge is 0.497 e. The lowest BCUT2D eigenvalue weighted by Crippen LogP contribution is -2.39. The minimum Gasteiger partial charge on any atom is -0.497 e. The quantitative estimate of drug-likeness (QED) is 0.240. The molecule has 0 radical (unpaired) electrons. The van der Waals surface area contributed by atoms with Crippen LogP contribution in [0.1, 0.15) is 24.2 Å². The van der Waals surface area contributed by atoms with Crippen LogP contribution in [0.2, 0.25) is 0 Å². The molecule has 0 aliphatic rings. The summed E-state index contributed by atoms with van der Waals surface area (Å²) in [5.74, 6) is 3.26. The van der Waals surface area contributed by atoms with Gasteiger partial charge in [-0.05, 0) is 36.8 Å². The second-order valence-electron chi connectivity index (χ2n) is 6.42. The van der Waals surface area contributed by atoms with Gasteiger partial charge in [-0.3, -0.25) is 0 Å². The SMILES string of the molecule is CCNC(=NCc1ccc(OC)cc1OC)NCC(O)c1cc(OC)cc(OC)c1.I. The van der Waals surface area contributed by atoms with Gasteiger partial charge in [-0.1, -0.05) is 0 Å². The lowest BCUT2D eigenvalue weighted by Gasteiger charge is -2.17. The second kappa shape index (κ2) is 13.8. The molecular weight excluding hydrogens is 513 g/mol. The summed E-state index contributed by atoms with van der Waals surface area (Å²) in [4.78, 5) is 4.59. The van der Waals surface area contributed by atoms with Crippen molar-refractivity contribution in [3.8, 4) is 23.0 Å². The Morgan fingerprint density at radius 1 is 0.903 bits per heavy atom. The Morgan fingerprint density at radius 2 is 1.55 bits per heavy atom. The Bertz CT molecular complexity index is 826. The Kier molecular flexibility index (Phi) is 11.9. The van der Waals surface area contributed by atoms with Gasteiger partial charge in [0.25, 0.3) is 0 Å². The molecule has 2 aromatic rings. The summed E-state index contributed by atoms with van der Waals surface area (Å²) in [6.45, 7) is 3.34. The lowest BCUT2D eigenvalue weighted by molar-refractivity contribution is 0.180. The van der Waals surface area contributed by atoms with Crippen molar-refractivity contribution in [2.24, 2.45) is 4.99 Å². The average Bonchev–Trinajstić information content (AvgIpc) is 2.79. The zero-order valence-corrected chi connectivity index (χ0v) is 20.9. The van der Waals surface area contributed by atoms with Crippen molar-refractivity contribution in [1.29, 1.82) is 0 Å². The minimum atomic E-state index is -0.770. The number of ether oxygens (including phenoxy) is 4. The molecule has 9 heteroatoms. The monoisotopic (exact) mass is 545 g/mol. The van der Waals surface area contributed by atoms with Crippen LogP contribution in [0.5, 0.6) is 23.0 Å². The molecule has 0 fully saturated rings. The predicted molar refractivity (Wildman–Crippen MR) is 132 cm³/mol. The fraction of sp³-hybridized carbons (Fsp3) is 0.409. The Labute approximate surface area is 201 Å². The van der Waals surface area contributed by atoms with E-state index in [0.29, 0.717) is 41.9 Å². The summed E-state index contributed by atoms with van der Waals surface area (Å²) in [5.41, 5.74) is 1.61. The first kappa shape index (κ1) is 26.6. The van der Waals surface area contributed by atoms with E-state index in [1.165, 1.54) is 0 Å². The molecule has 0 spiro atoms. The number of aliphatic hydroxyl groups is 1. The third-order valence-corrected chi connectivity index (χ3v) is 4.47. The first-order valence-electron chi connectivity index (χ1n) is 9.68. The molecule has 1 unspecified atom stereocenters. The number of rotatable bonds is 10. The lowest BCUT2D eigenvalue weighted by atomic mass is 10.1. The van der Waals surface area contributed by atoms with E-state index in [1.807, 2.05) is 25.1 Å². The second-order valence-corrected chi connectivity index (χ2v) is 6.42. The number of benzene rings is 2. The predicted octanol–water partition coefficient (Wildman–Crippen LogP) is 3.13. The molecule has 172 valence electrons. The minimum absolute atomic E-state index is 0. The third-order valence-electron chi connectivity index (χ3n) is 4.47. The van der Waals surface area contributed by atoms with Gasteiger partial charge in [0, 0.05) is 30.8 Å². The number of halogens is 1. The van der Waals surface area contributed by atoms with Gasteiger partial charge >= 0.3 is 0 Å². The first-order chi connectivity index (χ1) is 14.5. The van der Waals surface area contributed by atoms with Gasteiger partial charge in [0.2, 0.25) is 0 Å². The Hall–Kier alpha value is -2.40.